The van der Waals surface area contributed by atoms with Gasteiger partial charge in [0, 0.05) is 23.1 Å². The van der Waals surface area contributed by atoms with Crippen molar-refractivity contribution in [2.75, 3.05) is 26.7 Å². The lowest BCUT2D eigenvalue weighted by Crippen LogP contribution is -2.41. The molecule has 1 N–H and O–H groups in total. The minimum absolute atomic E-state index is 0.141. The van der Waals surface area contributed by atoms with Gasteiger partial charge in [-0.1, -0.05) is 0 Å². The molecule has 0 aromatic rings. The van der Waals surface area contributed by atoms with Crippen molar-refractivity contribution in [3.63, 3.8) is 0 Å². The molecule has 6 nitrogen and oxygen atoms in total. The van der Waals surface area contributed by atoms with Crippen molar-refractivity contribution in [2.24, 2.45) is 5.41 Å². The normalized spacial score (nSPS) is 23.2. The van der Waals surface area contributed by atoms with Crippen LogP contribution in [0.1, 0.15) is 40.0 Å². The molecule has 2 heterocycles. The van der Waals surface area contributed by atoms with Gasteiger partial charge in [0.25, 0.3) is 0 Å². The van der Waals surface area contributed by atoms with E-state index in [1.54, 1.807) is 18.1 Å². The molecule has 0 radical (unpaired) electrons. The van der Waals surface area contributed by atoms with Crippen molar-refractivity contribution in [3.05, 3.63) is 23.1 Å². The number of Topliss-reactive ketones (excluding diaryl/α,β-unsaturated/α-hetero) is 1. The Kier molecular flexibility index (Phi) is 4.20. The summed E-state index contributed by atoms with van der Waals surface area (Å²) in [4.78, 5) is 27.3. The van der Waals surface area contributed by atoms with Gasteiger partial charge in [-0.2, -0.15) is 0 Å². The van der Waals surface area contributed by atoms with Gasteiger partial charge in [-0.05, 0) is 52.8 Å². The van der Waals surface area contributed by atoms with Gasteiger partial charge in [0.1, 0.15) is 11.4 Å². The molecule has 0 aromatic heterocycles. The zero-order valence-corrected chi connectivity index (χ0v) is 14.9. The molecule has 0 unspecified atom stereocenters. The summed E-state index contributed by atoms with van der Waals surface area (Å²) in [6.07, 6.45) is 3.59. The summed E-state index contributed by atoms with van der Waals surface area (Å²) < 4.78 is 10.9. The minimum atomic E-state index is -0.582. The fraction of sp³-hybridized carbons (Fsp3) is 0.667. The number of carbonyl (C=O) groups excluding carboxylic acids is 2. The summed E-state index contributed by atoms with van der Waals surface area (Å²) in [5, 5.41) is 3.31. The van der Waals surface area contributed by atoms with Crippen LogP contribution in [0.25, 0.3) is 0 Å². The number of ketones is 1. The first-order valence-electron chi connectivity index (χ1n) is 8.49. The topological polar surface area (TPSA) is 67.9 Å². The number of piperidine rings is 1. The van der Waals surface area contributed by atoms with Crippen molar-refractivity contribution < 1.29 is 19.1 Å². The summed E-state index contributed by atoms with van der Waals surface area (Å²) in [5.74, 6) is 0.751. The summed E-state index contributed by atoms with van der Waals surface area (Å²) in [5.41, 5.74) is 0.444. The lowest BCUT2D eigenvalue weighted by atomic mass is 9.75. The molecule has 0 saturated carbocycles. The molecule has 2 aliphatic heterocycles. The predicted molar refractivity (Wildman–Crippen MR) is 89.2 cm³/mol. The second-order valence-electron chi connectivity index (χ2n) is 7.78. The highest BCUT2D eigenvalue weighted by Crippen LogP contribution is 2.48. The molecule has 3 rings (SSSR count). The molecule has 0 aromatic carbocycles. The van der Waals surface area contributed by atoms with E-state index in [9.17, 15) is 9.59 Å². The van der Waals surface area contributed by atoms with Crippen molar-refractivity contribution in [2.45, 2.75) is 45.6 Å². The van der Waals surface area contributed by atoms with E-state index in [4.69, 9.17) is 9.47 Å². The Bertz CT molecular complexity index is 621. The Balaban J connectivity index is 1.92. The van der Waals surface area contributed by atoms with Crippen LogP contribution >= 0.6 is 0 Å². The van der Waals surface area contributed by atoms with E-state index in [0.717, 1.165) is 31.6 Å². The lowest BCUT2D eigenvalue weighted by molar-refractivity contribution is -0.124. The zero-order valence-electron chi connectivity index (χ0n) is 14.9. The molecule has 1 spiro atoms. The van der Waals surface area contributed by atoms with Gasteiger partial charge in [0.2, 0.25) is 0 Å². The standard InChI is InChI=1S/C18H26N2O4/c1-17(2,3)24-16(22)20-11-12(23-4)9-13-14(20)10-18(15(13)21)5-7-19-8-6-18/h9,19H,5-8,10-11H2,1-4H3. The van der Waals surface area contributed by atoms with Crippen molar-refractivity contribution >= 4 is 11.9 Å². The van der Waals surface area contributed by atoms with Gasteiger partial charge < -0.3 is 14.8 Å². The monoisotopic (exact) mass is 334 g/mol. The number of nitrogens with one attached hydrogen (secondary N) is 1. The molecule has 132 valence electrons. The highest BCUT2D eigenvalue weighted by molar-refractivity contribution is 6.06. The first kappa shape index (κ1) is 17.0. The van der Waals surface area contributed by atoms with Gasteiger partial charge in [0.15, 0.2) is 5.78 Å². The smallest absolute Gasteiger partial charge is 0.414 e. The SMILES string of the molecule is COC1=CC2=C(CC3(CCNCC3)C2=O)N(C(=O)OC(C)(C)C)C1. The van der Waals surface area contributed by atoms with Crippen LogP contribution in [0.4, 0.5) is 4.79 Å². The summed E-state index contributed by atoms with van der Waals surface area (Å²) >= 11 is 0. The largest absolute Gasteiger partial charge is 0.499 e. The minimum Gasteiger partial charge on any atom is -0.499 e. The molecule has 0 atom stereocenters. The fourth-order valence-electron chi connectivity index (χ4n) is 3.68. The average molecular weight is 334 g/mol. The Labute approximate surface area is 142 Å². The van der Waals surface area contributed by atoms with E-state index < -0.39 is 11.7 Å². The molecule has 24 heavy (non-hydrogen) atoms. The van der Waals surface area contributed by atoms with Crippen LogP contribution in [0.2, 0.25) is 0 Å². The molecule has 1 aliphatic carbocycles. The highest BCUT2D eigenvalue weighted by Gasteiger charge is 2.50. The fourth-order valence-corrected chi connectivity index (χ4v) is 3.68. The number of hydrogen-bond donors (Lipinski definition) is 1. The third kappa shape index (κ3) is 2.95. The predicted octanol–water partition coefficient (Wildman–Crippen LogP) is 2.36. The maximum absolute atomic E-state index is 13.1. The van der Waals surface area contributed by atoms with E-state index in [1.807, 2.05) is 20.8 Å². The number of ether oxygens (including phenoxy) is 2. The Morgan fingerprint density at radius 3 is 2.54 bits per heavy atom. The van der Waals surface area contributed by atoms with Gasteiger partial charge in [-0.25, -0.2) is 4.79 Å². The van der Waals surface area contributed by atoms with E-state index in [0.29, 0.717) is 24.3 Å². The van der Waals surface area contributed by atoms with Crippen LogP contribution in [-0.4, -0.2) is 49.1 Å². The molecular formula is C18H26N2O4. The number of allylic oxidation sites excluding steroid dienone is 3. The quantitative estimate of drug-likeness (QED) is 0.797. The molecule has 0 bridgehead atoms. The van der Waals surface area contributed by atoms with Crippen LogP contribution in [0, 0.1) is 5.41 Å². The van der Waals surface area contributed by atoms with Crippen molar-refractivity contribution in [1.29, 1.82) is 0 Å². The second kappa shape index (κ2) is 5.92. The number of methoxy groups -OCH3 is 1. The first-order chi connectivity index (χ1) is 11.3. The van der Waals surface area contributed by atoms with Crippen LogP contribution in [0.3, 0.4) is 0 Å². The summed E-state index contributed by atoms with van der Waals surface area (Å²) in [6.45, 7) is 7.49. The van der Waals surface area contributed by atoms with E-state index >= 15 is 0 Å². The van der Waals surface area contributed by atoms with Crippen LogP contribution in [-0.2, 0) is 14.3 Å². The van der Waals surface area contributed by atoms with Crippen LogP contribution in [0.15, 0.2) is 23.1 Å². The van der Waals surface area contributed by atoms with Gasteiger partial charge in [-0.15, -0.1) is 0 Å². The molecule has 1 amide bonds. The van der Waals surface area contributed by atoms with Gasteiger partial charge >= 0.3 is 6.09 Å². The third-order valence-corrected chi connectivity index (χ3v) is 4.92. The third-order valence-electron chi connectivity index (χ3n) is 4.92. The number of hydrogen-bond acceptors (Lipinski definition) is 5. The highest BCUT2D eigenvalue weighted by atomic mass is 16.6. The lowest BCUT2D eigenvalue weighted by Gasteiger charge is -2.34. The molecular weight excluding hydrogens is 308 g/mol. The van der Waals surface area contributed by atoms with E-state index in [2.05, 4.69) is 5.32 Å². The molecule has 3 aliphatic rings. The van der Waals surface area contributed by atoms with Crippen molar-refractivity contribution in [3.8, 4) is 0 Å². The van der Waals surface area contributed by atoms with Crippen LogP contribution in [0.5, 0.6) is 0 Å². The molecule has 6 heteroatoms. The Hall–Kier alpha value is -1.82. The number of amides is 1. The molecule has 1 saturated heterocycles. The van der Waals surface area contributed by atoms with Gasteiger partial charge in [0.05, 0.1) is 13.7 Å². The van der Waals surface area contributed by atoms with E-state index in [1.165, 1.54) is 0 Å². The average Bonchev–Trinajstić information content (AvgIpc) is 2.78. The van der Waals surface area contributed by atoms with Crippen LogP contribution < -0.4 is 5.32 Å². The Morgan fingerprint density at radius 2 is 1.96 bits per heavy atom. The Morgan fingerprint density at radius 1 is 1.29 bits per heavy atom. The number of nitrogens with zero attached hydrogens (tertiary/aromatic N) is 1. The summed E-state index contributed by atoms with van der Waals surface area (Å²) in [7, 11) is 1.56. The second-order valence-corrected chi connectivity index (χ2v) is 7.78. The molecule has 1 fully saturated rings. The first-order valence-corrected chi connectivity index (χ1v) is 8.49. The number of carbonyl (C=O) groups is 2. The van der Waals surface area contributed by atoms with Crippen molar-refractivity contribution in [1.82, 2.24) is 10.2 Å². The van der Waals surface area contributed by atoms with E-state index in [-0.39, 0.29) is 11.2 Å². The zero-order chi connectivity index (χ0) is 17.5. The number of rotatable bonds is 1. The maximum Gasteiger partial charge on any atom is 0.414 e. The summed E-state index contributed by atoms with van der Waals surface area (Å²) in [6, 6.07) is 0. The maximum atomic E-state index is 13.1. The van der Waals surface area contributed by atoms with Gasteiger partial charge in [-0.3, -0.25) is 9.69 Å².